The summed E-state index contributed by atoms with van der Waals surface area (Å²) < 4.78 is 64.5. The van der Waals surface area contributed by atoms with Gasteiger partial charge in [-0.05, 0) is 36.4 Å². The molecule has 0 fully saturated rings. The molecular formula is C21H14ClF4N3O4. The predicted octanol–water partition coefficient (Wildman–Crippen LogP) is 5.05. The van der Waals surface area contributed by atoms with Crippen LogP contribution in [0.2, 0.25) is 5.02 Å². The fraction of sp³-hybridized carbons (Fsp3) is 0.0952. The fourth-order valence-electron chi connectivity index (χ4n) is 2.80. The number of carbonyl (C=O) groups is 2. The lowest BCUT2D eigenvalue weighted by atomic mass is 10.1. The molecule has 0 aliphatic heterocycles. The van der Waals surface area contributed by atoms with Gasteiger partial charge in [0.25, 0.3) is 11.8 Å². The second-order valence-corrected chi connectivity index (χ2v) is 6.85. The van der Waals surface area contributed by atoms with Crippen LogP contribution in [0, 0.1) is 5.82 Å². The molecule has 0 atom stereocenters. The first-order valence-corrected chi connectivity index (χ1v) is 9.37. The minimum Gasteiger partial charge on any atom is -0.495 e. The van der Waals surface area contributed by atoms with Gasteiger partial charge in [-0.25, -0.2) is 4.39 Å². The standard InChI is InChI=1S/C21H14ClF4N3O4/c1-32-18-12(21(24,25)26)3-5-16(33-11-2-4-14(23)13(22)9-11)17(18)20(31)29-10-6-7-28-15(8-10)19(27)30/h2-9H,1H3,(H2,27,30)(H,28,29,31). The topological polar surface area (TPSA) is 104 Å². The molecule has 0 aliphatic rings. The van der Waals surface area contributed by atoms with Gasteiger partial charge in [0.15, 0.2) is 0 Å². The highest BCUT2D eigenvalue weighted by molar-refractivity contribution is 6.30. The summed E-state index contributed by atoms with van der Waals surface area (Å²) in [4.78, 5) is 28.1. The van der Waals surface area contributed by atoms with Crippen LogP contribution in [0.25, 0.3) is 0 Å². The zero-order valence-electron chi connectivity index (χ0n) is 16.7. The molecule has 1 heterocycles. The SMILES string of the molecule is COc1c(C(F)(F)F)ccc(Oc2ccc(F)c(Cl)c2)c1C(=O)Nc1ccnc(C(N)=O)c1. The number of hydrogen-bond acceptors (Lipinski definition) is 5. The highest BCUT2D eigenvalue weighted by atomic mass is 35.5. The van der Waals surface area contributed by atoms with Gasteiger partial charge in [0.1, 0.15) is 34.3 Å². The number of benzene rings is 2. The molecule has 0 unspecified atom stereocenters. The van der Waals surface area contributed by atoms with Crippen molar-refractivity contribution in [2.45, 2.75) is 6.18 Å². The Hall–Kier alpha value is -3.86. The first-order valence-electron chi connectivity index (χ1n) is 8.99. The molecule has 0 saturated heterocycles. The number of hydrogen-bond donors (Lipinski definition) is 2. The van der Waals surface area contributed by atoms with Crippen LogP contribution < -0.4 is 20.5 Å². The highest BCUT2D eigenvalue weighted by Gasteiger charge is 2.38. The number of halogens is 5. The number of nitrogens with two attached hydrogens (primary N) is 1. The molecule has 3 aromatic rings. The third-order valence-corrected chi connectivity index (χ3v) is 4.53. The molecule has 3 rings (SSSR count). The summed E-state index contributed by atoms with van der Waals surface area (Å²) in [5.74, 6) is -3.85. The monoisotopic (exact) mass is 483 g/mol. The summed E-state index contributed by atoms with van der Waals surface area (Å²) in [5.41, 5.74) is 3.17. The van der Waals surface area contributed by atoms with Gasteiger partial charge in [-0.15, -0.1) is 0 Å². The van der Waals surface area contributed by atoms with Crippen molar-refractivity contribution in [2.24, 2.45) is 5.73 Å². The van der Waals surface area contributed by atoms with Gasteiger partial charge in [0, 0.05) is 18.0 Å². The summed E-state index contributed by atoms with van der Waals surface area (Å²) in [5, 5.41) is 2.06. The Morgan fingerprint density at radius 2 is 1.85 bits per heavy atom. The van der Waals surface area contributed by atoms with Gasteiger partial charge >= 0.3 is 6.18 Å². The van der Waals surface area contributed by atoms with E-state index >= 15 is 0 Å². The molecule has 3 N–H and O–H groups in total. The molecule has 0 bridgehead atoms. The van der Waals surface area contributed by atoms with Gasteiger partial charge < -0.3 is 20.5 Å². The maximum Gasteiger partial charge on any atom is 0.419 e. The normalized spacial score (nSPS) is 11.1. The zero-order chi connectivity index (χ0) is 24.3. The van der Waals surface area contributed by atoms with Crippen molar-refractivity contribution < 1.29 is 36.6 Å². The van der Waals surface area contributed by atoms with E-state index in [1.807, 2.05) is 0 Å². The Bertz CT molecular complexity index is 1230. The van der Waals surface area contributed by atoms with Crippen molar-refractivity contribution in [2.75, 3.05) is 12.4 Å². The first kappa shape index (κ1) is 23.8. The third-order valence-electron chi connectivity index (χ3n) is 4.25. The number of nitrogens with zero attached hydrogens (tertiary/aromatic N) is 1. The maximum atomic E-state index is 13.5. The average molecular weight is 484 g/mol. The minimum absolute atomic E-state index is 0.0269. The fourth-order valence-corrected chi connectivity index (χ4v) is 2.97. The Morgan fingerprint density at radius 1 is 1.12 bits per heavy atom. The van der Waals surface area contributed by atoms with E-state index in [4.69, 9.17) is 26.8 Å². The molecule has 0 aliphatic carbocycles. The molecule has 12 heteroatoms. The average Bonchev–Trinajstić information content (AvgIpc) is 2.75. The van der Waals surface area contributed by atoms with E-state index in [0.717, 1.165) is 31.4 Å². The maximum absolute atomic E-state index is 13.5. The highest BCUT2D eigenvalue weighted by Crippen LogP contribution is 2.43. The van der Waals surface area contributed by atoms with Gasteiger partial charge in [0.2, 0.25) is 0 Å². The number of carbonyl (C=O) groups excluding carboxylic acids is 2. The van der Waals surface area contributed by atoms with Gasteiger partial charge in [-0.1, -0.05) is 11.6 Å². The van der Waals surface area contributed by atoms with Crippen LogP contribution in [-0.4, -0.2) is 23.9 Å². The van der Waals surface area contributed by atoms with Crippen molar-refractivity contribution >= 4 is 29.1 Å². The van der Waals surface area contributed by atoms with E-state index in [2.05, 4.69) is 10.3 Å². The number of pyridine rings is 1. The summed E-state index contributed by atoms with van der Waals surface area (Å²) in [6, 6.07) is 7.28. The number of nitrogens with one attached hydrogen (secondary N) is 1. The minimum atomic E-state index is -4.85. The van der Waals surface area contributed by atoms with Crippen molar-refractivity contribution in [3.63, 3.8) is 0 Å². The van der Waals surface area contributed by atoms with Crippen LogP contribution in [-0.2, 0) is 6.18 Å². The van der Waals surface area contributed by atoms with Crippen LogP contribution in [0.3, 0.4) is 0 Å². The largest absolute Gasteiger partial charge is 0.495 e. The number of amides is 2. The second-order valence-electron chi connectivity index (χ2n) is 6.44. The van der Waals surface area contributed by atoms with Crippen molar-refractivity contribution in [3.8, 4) is 17.2 Å². The van der Waals surface area contributed by atoms with E-state index in [-0.39, 0.29) is 27.9 Å². The van der Waals surface area contributed by atoms with Crippen molar-refractivity contribution in [1.29, 1.82) is 0 Å². The van der Waals surface area contributed by atoms with E-state index in [0.29, 0.717) is 6.07 Å². The number of primary amides is 1. The number of aromatic nitrogens is 1. The van der Waals surface area contributed by atoms with Crippen LogP contribution in [0.4, 0.5) is 23.2 Å². The number of alkyl halides is 3. The summed E-state index contributed by atoms with van der Waals surface area (Å²) in [6.45, 7) is 0. The third kappa shape index (κ3) is 5.32. The quantitative estimate of drug-likeness (QED) is 0.478. The molecule has 172 valence electrons. The van der Waals surface area contributed by atoms with Crippen LogP contribution in [0.5, 0.6) is 17.2 Å². The number of anilines is 1. The lowest BCUT2D eigenvalue weighted by Crippen LogP contribution is -2.18. The van der Waals surface area contributed by atoms with Gasteiger partial charge in [-0.3, -0.25) is 14.6 Å². The van der Waals surface area contributed by atoms with Crippen molar-refractivity contribution in [1.82, 2.24) is 4.98 Å². The molecule has 0 spiro atoms. The molecule has 0 radical (unpaired) electrons. The van der Waals surface area contributed by atoms with E-state index in [1.165, 1.54) is 18.3 Å². The summed E-state index contributed by atoms with van der Waals surface area (Å²) in [7, 11) is 0.956. The molecule has 1 aromatic heterocycles. The molecule has 0 saturated carbocycles. The van der Waals surface area contributed by atoms with Crippen LogP contribution >= 0.6 is 11.6 Å². The molecule has 2 amide bonds. The Kier molecular flexibility index (Phi) is 6.73. The lowest BCUT2D eigenvalue weighted by Gasteiger charge is -2.19. The van der Waals surface area contributed by atoms with Gasteiger partial charge in [-0.2, -0.15) is 13.2 Å². The van der Waals surface area contributed by atoms with Crippen molar-refractivity contribution in [3.05, 3.63) is 76.3 Å². The Labute approximate surface area is 189 Å². The molecular weight excluding hydrogens is 470 g/mol. The van der Waals surface area contributed by atoms with Crippen LogP contribution in [0.1, 0.15) is 26.4 Å². The summed E-state index contributed by atoms with van der Waals surface area (Å²) >= 11 is 5.72. The number of rotatable bonds is 6. The number of methoxy groups -OCH3 is 1. The van der Waals surface area contributed by atoms with Gasteiger partial charge in [0.05, 0.1) is 17.7 Å². The van der Waals surface area contributed by atoms with E-state index in [1.54, 1.807) is 0 Å². The second kappa shape index (κ2) is 9.33. The first-order chi connectivity index (χ1) is 15.5. The van der Waals surface area contributed by atoms with E-state index in [9.17, 15) is 27.2 Å². The zero-order valence-corrected chi connectivity index (χ0v) is 17.4. The Morgan fingerprint density at radius 3 is 2.45 bits per heavy atom. The number of ether oxygens (including phenoxy) is 2. The molecule has 2 aromatic carbocycles. The molecule has 7 nitrogen and oxygen atoms in total. The predicted molar refractivity (Wildman–Crippen MR) is 110 cm³/mol. The molecule has 33 heavy (non-hydrogen) atoms. The lowest BCUT2D eigenvalue weighted by molar-refractivity contribution is -0.138. The van der Waals surface area contributed by atoms with E-state index < -0.39 is 40.7 Å². The smallest absolute Gasteiger partial charge is 0.419 e. The Balaban J connectivity index is 2.10. The van der Waals surface area contributed by atoms with Crippen LogP contribution in [0.15, 0.2) is 48.7 Å². The summed E-state index contributed by atoms with van der Waals surface area (Å²) in [6.07, 6.45) is -3.68.